The van der Waals surface area contributed by atoms with Gasteiger partial charge in [-0.05, 0) is 32.8 Å². The Bertz CT molecular complexity index is 1080. The summed E-state index contributed by atoms with van der Waals surface area (Å²) >= 11 is 0. The molecule has 170 valence electrons. The second-order valence-electron chi connectivity index (χ2n) is 7.86. The normalized spacial score (nSPS) is 20.9. The molecule has 1 aliphatic rings. The zero-order valence-corrected chi connectivity index (χ0v) is 19.1. The Morgan fingerprint density at radius 3 is 2.47 bits per heavy atom. The van der Waals surface area contributed by atoms with Gasteiger partial charge in [0, 0.05) is 18.6 Å². The van der Waals surface area contributed by atoms with Crippen molar-refractivity contribution in [3.63, 3.8) is 0 Å². The predicted molar refractivity (Wildman–Crippen MR) is 117 cm³/mol. The Kier molecular flexibility index (Phi) is 7.01. The zero-order chi connectivity index (χ0) is 23.5. The predicted octanol–water partition coefficient (Wildman–Crippen LogP) is 0.274. The van der Waals surface area contributed by atoms with Crippen LogP contribution in [0.5, 0.6) is 0 Å². The van der Waals surface area contributed by atoms with E-state index in [2.05, 4.69) is 4.72 Å². The molecule has 1 aromatic carbocycles. The van der Waals surface area contributed by atoms with Crippen LogP contribution in [0.25, 0.3) is 0 Å². The van der Waals surface area contributed by atoms with Crippen molar-refractivity contribution in [2.24, 2.45) is 0 Å². The van der Waals surface area contributed by atoms with Gasteiger partial charge in [-0.2, -0.15) is 4.72 Å². The molecule has 32 heavy (non-hydrogen) atoms. The lowest BCUT2D eigenvalue weighted by molar-refractivity contribution is -0.702. The Labute approximate surface area is 188 Å². The molecular formula is C21H27BN3O6S+. The molecule has 2 aromatic rings. The van der Waals surface area contributed by atoms with Crippen LogP contribution in [0.4, 0.5) is 0 Å². The molecule has 0 spiro atoms. The summed E-state index contributed by atoms with van der Waals surface area (Å²) in [5.74, 6) is -1.39. The van der Waals surface area contributed by atoms with Gasteiger partial charge in [-0.1, -0.05) is 23.8 Å². The van der Waals surface area contributed by atoms with Gasteiger partial charge in [-0.3, -0.25) is 4.79 Å². The van der Waals surface area contributed by atoms with Crippen molar-refractivity contribution in [3.05, 3.63) is 60.4 Å². The molecule has 1 aliphatic heterocycles. The van der Waals surface area contributed by atoms with E-state index in [4.69, 9.17) is 4.74 Å². The highest BCUT2D eigenvalue weighted by Crippen LogP contribution is 2.32. The lowest BCUT2D eigenvalue weighted by Crippen LogP contribution is -2.62. The van der Waals surface area contributed by atoms with Crippen molar-refractivity contribution in [2.45, 2.75) is 50.1 Å². The summed E-state index contributed by atoms with van der Waals surface area (Å²) in [6.07, 6.45) is 3.20. The van der Waals surface area contributed by atoms with Crippen molar-refractivity contribution in [2.75, 3.05) is 6.61 Å². The largest absolute Gasteiger partial charge is 0.464 e. The number of hydrogen-bond acceptors (Lipinski definition) is 6. The molecule has 1 amide bonds. The third-order valence-corrected chi connectivity index (χ3v) is 6.93. The first-order chi connectivity index (χ1) is 15.1. The molecule has 1 aromatic heterocycles. The molecule has 2 heterocycles. The monoisotopic (exact) mass is 460 g/mol. The van der Waals surface area contributed by atoms with E-state index in [1.165, 1.54) is 19.0 Å². The van der Waals surface area contributed by atoms with Gasteiger partial charge in [-0.15, -0.1) is 0 Å². The van der Waals surface area contributed by atoms with Crippen molar-refractivity contribution in [1.82, 2.24) is 9.53 Å². The van der Waals surface area contributed by atoms with Gasteiger partial charge in [0.2, 0.25) is 15.9 Å². The number of ether oxygens (including phenoxy) is 1. The number of hydrogen-bond donors (Lipinski definition) is 2. The minimum absolute atomic E-state index is 0.00322. The van der Waals surface area contributed by atoms with Gasteiger partial charge < -0.3 is 14.6 Å². The van der Waals surface area contributed by atoms with Crippen LogP contribution in [0.15, 0.2) is 59.8 Å². The zero-order valence-electron chi connectivity index (χ0n) is 18.3. The molecule has 2 atom stereocenters. The number of amides is 1. The van der Waals surface area contributed by atoms with Gasteiger partial charge in [0.25, 0.3) is 0 Å². The number of aryl methyl sites for hydroxylation is 1. The van der Waals surface area contributed by atoms with E-state index in [9.17, 15) is 23.0 Å². The highest BCUT2D eigenvalue weighted by Gasteiger charge is 2.60. The number of nitrogens with one attached hydrogen (secondary N) is 1. The third-order valence-electron chi connectivity index (χ3n) is 5.37. The first kappa shape index (κ1) is 23.9. The standard InChI is InChI=1S/C21H27BN3O6S/c1-4-31-19(26)18-14-21(20(27)25(18)22(3)28,15-24-12-6-5-7-13-24)23-32(29,30)17-10-8-16(2)9-11-17/h5-13,18,23,28H,4,14-15H2,1-3H3/q+1/t18-,21-/m0/s1. The Morgan fingerprint density at radius 2 is 1.91 bits per heavy atom. The second-order valence-corrected chi connectivity index (χ2v) is 9.55. The summed E-state index contributed by atoms with van der Waals surface area (Å²) in [5.41, 5.74) is -0.817. The van der Waals surface area contributed by atoms with Crippen LogP contribution in [0, 0.1) is 6.92 Å². The molecule has 0 unspecified atom stereocenters. The van der Waals surface area contributed by atoms with Gasteiger partial charge in [0.1, 0.15) is 6.04 Å². The highest BCUT2D eigenvalue weighted by molar-refractivity contribution is 7.89. The molecule has 0 radical (unpaired) electrons. The first-order valence-electron chi connectivity index (χ1n) is 10.3. The van der Waals surface area contributed by atoms with E-state index in [1.54, 1.807) is 54.2 Å². The van der Waals surface area contributed by atoms with Crippen LogP contribution >= 0.6 is 0 Å². The summed E-state index contributed by atoms with van der Waals surface area (Å²) in [7, 11) is -5.44. The third kappa shape index (κ3) is 4.84. The van der Waals surface area contributed by atoms with Crippen molar-refractivity contribution in [1.29, 1.82) is 0 Å². The highest BCUT2D eigenvalue weighted by atomic mass is 32.2. The number of pyridine rings is 1. The quantitative estimate of drug-likeness (QED) is 0.332. The molecule has 1 saturated heterocycles. The fourth-order valence-electron chi connectivity index (χ4n) is 3.90. The molecule has 0 bridgehead atoms. The SMILES string of the molecule is CCOC(=O)[C@@H]1C[C@@](C[n+]2ccccc2)(NS(=O)(=O)c2ccc(C)cc2)C(=O)N1B(C)O. The number of carbonyl (C=O) groups excluding carboxylic acids is 2. The van der Waals surface area contributed by atoms with E-state index in [0.717, 1.165) is 10.4 Å². The van der Waals surface area contributed by atoms with Crippen molar-refractivity contribution in [3.8, 4) is 0 Å². The van der Waals surface area contributed by atoms with Crippen LogP contribution in [0.1, 0.15) is 18.9 Å². The van der Waals surface area contributed by atoms with E-state index in [-0.39, 0.29) is 24.5 Å². The maximum absolute atomic E-state index is 13.6. The Balaban J connectivity index is 2.07. The number of nitrogens with zero attached hydrogens (tertiary/aromatic N) is 2. The lowest BCUT2D eigenvalue weighted by atomic mass is 9.84. The van der Waals surface area contributed by atoms with E-state index >= 15 is 0 Å². The van der Waals surface area contributed by atoms with Crippen LogP contribution < -0.4 is 9.29 Å². The average molecular weight is 460 g/mol. The molecule has 1 fully saturated rings. The van der Waals surface area contributed by atoms with Gasteiger partial charge in [-0.25, -0.2) is 17.8 Å². The minimum atomic E-state index is -4.13. The average Bonchev–Trinajstić information content (AvgIpc) is 3.01. The fraction of sp³-hybridized carbons (Fsp3) is 0.381. The summed E-state index contributed by atoms with van der Waals surface area (Å²) in [6.45, 7) is 4.84. The van der Waals surface area contributed by atoms with E-state index in [0.29, 0.717) is 0 Å². The second kappa shape index (κ2) is 9.39. The number of carbonyl (C=O) groups is 2. The smallest absolute Gasteiger partial charge is 0.412 e. The van der Waals surface area contributed by atoms with Crippen LogP contribution in [-0.2, 0) is 30.9 Å². The maximum Gasteiger partial charge on any atom is 0.412 e. The maximum atomic E-state index is 13.6. The molecule has 3 rings (SSSR count). The minimum Gasteiger partial charge on any atom is -0.464 e. The molecule has 11 heteroatoms. The molecule has 9 nitrogen and oxygen atoms in total. The number of sulfonamides is 1. The lowest BCUT2D eigenvalue weighted by Gasteiger charge is -2.27. The molecule has 0 aliphatic carbocycles. The first-order valence-corrected chi connectivity index (χ1v) is 11.8. The van der Waals surface area contributed by atoms with Gasteiger partial charge in [0.15, 0.2) is 24.5 Å². The van der Waals surface area contributed by atoms with Crippen molar-refractivity contribution >= 4 is 29.0 Å². The van der Waals surface area contributed by atoms with Crippen LogP contribution in [0.3, 0.4) is 0 Å². The summed E-state index contributed by atoms with van der Waals surface area (Å²) < 4.78 is 35.8. The molecule has 0 saturated carbocycles. The number of esters is 1. The van der Waals surface area contributed by atoms with Crippen molar-refractivity contribution < 1.29 is 32.3 Å². The number of aromatic nitrogens is 1. The number of rotatable bonds is 8. The topological polar surface area (TPSA) is 117 Å². The Morgan fingerprint density at radius 1 is 1.28 bits per heavy atom. The summed E-state index contributed by atoms with van der Waals surface area (Å²) in [5, 5.41) is 10.3. The fourth-order valence-corrected chi connectivity index (χ4v) is 5.27. The Hall–Kier alpha value is -2.76. The van der Waals surface area contributed by atoms with Crippen LogP contribution in [0.2, 0.25) is 6.82 Å². The van der Waals surface area contributed by atoms with Crippen LogP contribution in [-0.4, -0.2) is 55.4 Å². The van der Waals surface area contributed by atoms with E-state index < -0.39 is 40.5 Å². The summed E-state index contributed by atoms with van der Waals surface area (Å²) in [4.78, 5) is 27.2. The van der Waals surface area contributed by atoms with E-state index in [1.807, 2.05) is 6.92 Å². The number of benzene rings is 1. The van der Waals surface area contributed by atoms with Gasteiger partial charge in [0.05, 0.1) is 11.5 Å². The van der Waals surface area contributed by atoms with Gasteiger partial charge >= 0.3 is 13.0 Å². The molecule has 2 N–H and O–H groups in total. The summed E-state index contributed by atoms with van der Waals surface area (Å²) in [6, 6.07) is 10.4. The molecular weight excluding hydrogens is 433 g/mol.